The highest BCUT2D eigenvalue weighted by atomic mass is 79.9. The Bertz CT molecular complexity index is 354. The zero-order chi connectivity index (χ0) is 10.7. The Balaban J connectivity index is 3.17. The SMILES string of the molecule is C=CC[C@H](N)c1c(Br)ccc(Cl)c1O. The fraction of sp³-hybridized carbons (Fsp3) is 0.200. The fourth-order valence-corrected chi connectivity index (χ4v) is 1.99. The molecule has 0 amide bonds. The van der Waals surface area contributed by atoms with Crippen LogP contribution >= 0.6 is 27.5 Å². The molecule has 0 radical (unpaired) electrons. The van der Waals surface area contributed by atoms with Crippen LogP contribution in [0.2, 0.25) is 5.02 Å². The second-order valence-corrected chi connectivity index (χ2v) is 4.18. The molecule has 0 aromatic heterocycles. The molecular formula is C10H11BrClNO. The van der Waals surface area contributed by atoms with Crippen molar-refractivity contribution in [2.75, 3.05) is 0 Å². The van der Waals surface area contributed by atoms with Gasteiger partial charge in [-0.1, -0.05) is 33.6 Å². The van der Waals surface area contributed by atoms with Gasteiger partial charge in [-0.25, -0.2) is 0 Å². The van der Waals surface area contributed by atoms with E-state index in [0.717, 1.165) is 4.47 Å². The van der Waals surface area contributed by atoms with Crippen molar-refractivity contribution in [3.63, 3.8) is 0 Å². The van der Waals surface area contributed by atoms with E-state index in [1.54, 1.807) is 18.2 Å². The van der Waals surface area contributed by atoms with Gasteiger partial charge in [0.05, 0.1) is 5.02 Å². The Morgan fingerprint density at radius 1 is 1.64 bits per heavy atom. The Morgan fingerprint density at radius 2 is 2.29 bits per heavy atom. The van der Waals surface area contributed by atoms with E-state index in [9.17, 15) is 5.11 Å². The molecule has 0 aliphatic carbocycles. The molecule has 1 aromatic carbocycles. The zero-order valence-corrected chi connectivity index (χ0v) is 9.85. The summed E-state index contributed by atoms with van der Waals surface area (Å²) in [5.41, 5.74) is 6.48. The molecule has 0 bridgehead atoms. The summed E-state index contributed by atoms with van der Waals surface area (Å²) in [6.07, 6.45) is 2.30. The Labute approximate surface area is 96.5 Å². The maximum atomic E-state index is 9.70. The molecule has 1 rings (SSSR count). The van der Waals surface area contributed by atoms with Crippen LogP contribution in [-0.2, 0) is 0 Å². The first kappa shape index (κ1) is 11.6. The van der Waals surface area contributed by atoms with E-state index in [2.05, 4.69) is 22.5 Å². The van der Waals surface area contributed by atoms with E-state index in [1.807, 2.05) is 0 Å². The minimum absolute atomic E-state index is 0.0374. The lowest BCUT2D eigenvalue weighted by Gasteiger charge is -2.14. The number of phenolic OH excluding ortho intramolecular Hbond substituents is 1. The van der Waals surface area contributed by atoms with Crippen molar-refractivity contribution >= 4 is 27.5 Å². The lowest BCUT2D eigenvalue weighted by atomic mass is 10.0. The maximum Gasteiger partial charge on any atom is 0.140 e. The molecule has 14 heavy (non-hydrogen) atoms. The highest BCUT2D eigenvalue weighted by Gasteiger charge is 2.15. The van der Waals surface area contributed by atoms with Gasteiger partial charge in [0, 0.05) is 16.1 Å². The molecule has 0 fully saturated rings. The normalized spacial score (nSPS) is 12.5. The van der Waals surface area contributed by atoms with Gasteiger partial charge in [-0.05, 0) is 18.6 Å². The summed E-state index contributed by atoms with van der Waals surface area (Å²) in [4.78, 5) is 0. The number of hydrogen-bond acceptors (Lipinski definition) is 2. The molecule has 2 nitrogen and oxygen atoms in total. The van der Waals surface area contributed by atoms with Crippen LogP contribution in [0.4, 0.5) is 0 Å². The minimum atomic E-state index is -0.291. The summed E-state index contributed by atoms with van der Waals surface area (Å²) >= 11 is 9.10. The van der Waals surface area contributed by atoms with E-state index < -0.39 is 0 Å². The summed E-state index contributed by atoms with van der Waals surface area (Å²) in [5.74, 6) is 0.0374. The maximum absolute atomic E-state index is 9.70. The minimum Gasteiger partial charge on any atom is -0.506 e. The first-order valence-corrected chi connectivity index (χ1v) is 5.28. The third kappa shape index (κ3) is 2.29. The molecule has 0 aliphatic heterocycles. The third-order valence-corrected chi connectivity index (χ3v) is 2.90. The van der Waals surface area contributed by atoms with Gasteiger partial charge in [-0.2, -0.15) is 0 Å². The van der Waals surface area contributed by atoms with E-state index in [1.165, 1.54) is 0 Å². The van der Waals surface area contributed by atoms with Gasteiger partial charge >= 0.3 is 0 Å². The standard InChI is InChI=1S/C10H11BrClNO/c1-2-3-8(13)9-6(11)4-5-7(12)10(9)14/h2,4-5,8,14H,1,3,13H2/t8-/m0/s1. The van der Waals surface area contributed by atoms with Gasteiger partial charge in [-0.15, -0.1) is 6.58 Å². The highest BCUT2D eigenvalue weighted by Crippen LogP contribution is 2.37. The van der Waals surface area contributed by atoms with Gasteiger partial charge in [0.15, 0.2) is 0 Å². The quantitative estimate of drug-likeness (QED) is 0.831. The highest BCUT2D eigenvalue weighted by molar-refractivity contribution is 9.10. The van der Waals surface area contributed by atoms with Crippen LogP contribution in [0.25, 0.3) is 0 Å². The molecule has 3 N–H and O–H groups in total. The van der Waals surface area contributed by atoms with Crippen LogP contribution in [0.3, 0.4) is 0 Å². The van der Waals surface area contributed by atoms with Crippen LogP contribution in [-0.4, -0.2) is 5.11 Å². The van der Waals surface area contributed by atoms with Gasteiger partial charge in [-0.3, -0.25) is 0 Å². The average molecular weight is 277 g/mol. The van der Waals surface area contributed by atoms with Gasteiger partial charge in [0.25, 0.3) is 0 Å². The smallest absolute Gasteiger partial charge is 0.140 e. The molecule has 4 heteroatoms. The molecule has 1 aromatic rings. The zero-order valence-electron chi connectivity index (χ0n) is 7.50. The monoisotopic (exact) mass is 275 g/mol. The Kier molecular flexibility index (Phi) is 3.98. The van der Waals surface area contributed by atoms with Crippen LogP contribution in [0.15, 0.2) is 29.3 Å². The van der Waals surface area contributed by atoms with E-state index in [0.29, 0.717) is 17.0 Å². The number of hydrogen-bond donors (Lipinski definition) is 2. The van der Waals surface area contributed by atoms with Crippen molar-refractivity contribution in [2.24, 2.45) is 5.73 Å². The van der Waals surface area contributed by atoms with Crippen molar-refractivity contribution in [3.8, 4) is 5.75 Å². The summed E-state index contributed by atoms with van der Waals surface area (Å²) in [7, 11) is 0. The Hall–Kier alpha value is -0.510. The van der Waals surface area contributed by atoms with Crippen LogP contribution in [0.5, 0.6) is 5.75 Å². The molecule has 0 saturated heterocycles. The average Bonchev–Trinajstić information content (AvgIpc) is 2.13. The summed E-state index contributed by atoms with van der Waals surface area (Å²) in [6, 6.07) is 3.09. The summed E-state index contributed by atoms with van der Waals surface area (Å²) in [5, 5.41) is 10.0. The van der Waals surface area contributed by atoms with Crippen molar-refractivity contribution < 1.29 is 5.11 Å². The number of benzene rings is 1. The molecule has 1 atom stereocenters. The van der Waals surface area contributed by atoms with Crippen LogP contribution < -0.4 is 5.73 Å². The molecule has 76 valence electrons. The second-order valence-electron chi connectivity index (χ2n) is 2.92. The van der Waals surface area contributed by atoms with Gasteiger partial charge in [0.1, 0.15) is 5.75 Å². The molecule has 0 heterocycles. The number of phenols is 1. The van der Waals surface area contributed by atoms with E-state index in [-0.39, 0.29) is 11.8 Å². The Morgan fingerprint density at radius 3 is 2.86 bits per heavy atom. The number of halogens is 2. The predicted octanol–water partition coefficient (Wildman–Crippen LogP) is 3.38. The first-order valence-electron chi connectivity index (χ1n) is 4.11. The van der Waals surface area contributed by atoms with Crippen LogP contribution in [0, 0.1) is 0 Å². The number of nitrogens with two attached hydrogens (primary N) is 1. The van der Waals surface area contributed by atoms with Crippen molar-refractivity contribution in [1.29, 1.82) is 0 Å². The molecular weight excluding hydrogens is 265 g/mol. The van der Waals surface area contributed by atoms with E-state index >= 15 is 0 Å². The topological polar surface area (TPSA) is 46.2 Å². The van der Waals surface area contributed by atoms with Gasteiger partial charge in [0.2, 0.25) is 0 Å². The van der Waals surface area contributed by atoms with Crippen LogP contribution in [0.1, 0.15) is 18.0 Å². The number of aromatic hydroxyl groups is 1. The molecule has 0 unspecified atom stereocenters. The first-order chi connectivity index (χ1) is 6.57. The fourth-order valence-electron chi connectivity index (χ4n) is 1.21. The third-order valence-electron chi connectivity index (χ3n) is 1.91. The van der Waals surface area contributed by atoms with Crippen molar-refractivity contribution in [1.82, 2.24) is 0 Å². The molecule has 0 spiro atoms. The molecule has 0 saturated carbocycles. The van der Waals surface area contributed by atoms with Crippen molar-refractivity contribution in [3.05, 3.63) is 39.8 Å². The number of rotatable bonds is 3. The van der Waals surface area contributed by atoms with Crippen molar-refractivity contribution in [2.45, 2.75) is 12.5 Å². The second kappa shape index (κ2) is 4.82. The lowest BCUT2D eigenvalue weighted by Crippen LogP contribution is -2.10. The van der Waals surface area contributed by atoms with E-state index in [4.69, 9.17) is 17.3 Å². The summed E-state index contributed by atoms with van der Waals surface area (Å²) in [6.45, 7) is 3.60. The molecule has 0 aliphatic rings. The lowest BCUT2D eigenvalue weighted by molar-refractivity contribution is 0.461. The summed E-state index contributed by atoms with van der Waals surface area (Å²) < 4.78 is 0.758. The van der Waals surface area contributed by atoms with Gasteiger partial charge < -0.3 is 10.8 Å². The largest absolute Gasteiger partial charge is 0.506 e. The predicted molar refractivity (Wildman–Crippen MR) is 62.6 cm³/mol.